The average Bonchev–Trinajstić information content (AvgIpc) is 2.99. The van der Waals surface area contributed by atoms with Crippen molar-refractivity contribution in [3.05, 3.63) is 59.7 Å². The molecule has 0 radical (unpaired) electrons. The molecule has 2 aliphatic heterocycles. The molecule has 0 unspecified atom stereocenters. The molecule has 22 heavy (non-hydrogen) atoms. The highest BCUT2D eigenvalue weighted by Gasteiger charge is 2.57. The third kappa shape index (κ3) is 1.66. The SMILES string of the molecule is Cc1cccc(N2C(=O)SC[C@]23C(=O)Nc2ccccc23)c1. The Balaban J connectivity index is 1.94. The van der Waals surface area contributed by atoms with Crippen molar-refractivity contribution in [2.24, 2.45) is 0 Å². The fraction of sp³-hybridized carbons (Fsp3) is 0.176. The van der Waals surface area contributed by atoms with Crippen LogP contribution in [0.4, 0.5) is 16.2 Å². The van der Waals surface area contributed by atoms with Gasteiger partial charge in [0, 0.05) is 22.7 Å². The molecule has 2 aromatic rings. The summed E-state index contributed by atoms with van der Waals surface area (Å²) in [5.41, 5.74) is 2.55. The van der Waals surface area contributed by atoms with Crippen molar-refractivity contribution in [3.63, 3.8) is 0 Å². The summed E-state index contributed by atoms with van der Waals surface area (Å²) in [6.45, 7) is 1.98. The molecule has 1 fully saturated rings. The maximum absolute atomic E-state index is 12.8. The van der Waals surface area contributed by atoms with Crippen LogP contribution in [0.1, 0.15) is 11.1 Å². The van der Waals surface area contributed by atoms with Gasteiger partial charge in [0.15, 0.2) is 5.54 Å². The number of fused-ring (bicyclic) bond motifs is 2. The normalized spacial score (nSPS) is 23.0. The van der Waals surface area contributed by atoms with Gasteiger partial charge in [0.2, 0.25) is 0 Å². The Bertz CT molecular complexity index is 805. The van der Waals surface area contributed by atoms with Crippen LogP contribution in [0.2, 0.25) is 0 Å². The molecule has 2 heterocycles. The molecule has 5 heteroatoms. The lowest BCUT2D eigenvalue weighted by Gasteiger charge is -2.32. The van der Waals surface area contributed by atoms with Crippen molar-refractivity contribution in [3.8, 4) is 0 Å². The molecule has 4 nitrogen and oxygen atoms in total. The summed E-state index contributed by atoms with van der Waals surface area (Å²) in [6, 6.07) is 15.3. The summed E-state index contributed by atoms with van der Waals surface area (Å²) in [4.78, 5) is 26.9. The van der Waals surface area contributed by atoms with Gasteiger partial charge >= 0.3 is 0 Å². The molecule has 2 amide bonds. The van der Waals surface area contributed by atoms with E-state index in [9.17, 15) is 9.59 Å². The number of nitrogens with zero attached hydrogens (tertiary/aromatic N) is 1. The number of hydrogen-bond donors (Lipinski definition) is 1. The topological polar surface area (TPSA) is 49.4 Å². The molecule has 2 aromatic carbocycles. The predicted octanol–water partition coefficient (Wildman–Crippen LogP) is 3.52. The molecule has 1 saturated heterocycles. The highest BCUT2D eigenvalue weighted by atomic mass is 32.2. The van der Waals surface area contributed by atoms with Crippen molar-refractivity contribution >= 4 is 34.3 Å². The van der Waals surface area contributed by atoms with E-state index in [1.165, 1.54) is 11.8 Å². The van der Waals surface area contributed by atoms with E-state index < -0.39 is 5.54 Å². The fourth-order valence-corrected chi connectivity index (χ4v) is 4.35. The van der Waals surface area contributed by atoms with Crippen molar-refractivity contribution in [1.29, 1.82) is 0 Å². The number of carbonyl (C=O) groups is 2. The van der Waals surface area contributed by atoms with Gasteiger partial charge in [0.05, 0.1) is 0 Å². The third-order valence-electron chi connectivity index (χ3n) is 4.23. The molecular weight excluding hydrogens is 296 g/mol. The van der Waals surface area contributed by atoms with Crippen molar-refractivity contribution in [1.82, 2.24) is 0 Å². The average molecular weight is 310 g/mol. The smallest absolute Gasteiger partial charge is 0.287 e. The summed E-state index contributed by atoms with van der Waals surface area (Å²) in [5.74, 6) is 0.302. The first kappa shape index (κ1) is 13.4. The lowest BCUT2D eigenvalue weighted by Crippen LogP contribution is -2.50. The first-order chi connectivity index (χ1) is 10.6. The number of thioether (sulfide) groups is 1. The fourth-order valence-electron chi connectivity index (χ4n) is 3.21. The van der Waals surface area contributed by atoms with Crippen LogP contribution in [0.3, 0.4) is 0 Å². The molecule has 0 saturated carbocycles. The van der Waals surface area contributed by atoms with E-state index in [1.807, 2.05) is 55.5 Å². The minimum absolute atomic E-state index is 0.0857. The zero-order chi connectivity index (χ0) is 15.3. The van der Waals surface area contributed by atoms with Gasteiger partial charge in [-0.1, -0.05) is 42.1 Å². The lowest BCUT2D eigenvalue weighted by molar-refractivity contribution is -0.119. The molecule has 1 N–H and O–H groups in total. The number of nitrogens with one attached hydrogen (secondary N) is 1. The van der Waals surface area contributed by atoms with Crippen LogP contribution >= 0.6 is 11.8 Å². The molecule has 1 atom stereocenters. The van der Waals surface area contributed by atoms with E-state index in [2.05, 4.69) is 5.32 Å². The number of anilines is 2. The van der Waals surface area contributed by atoms with E-state index in [-0.39, 0.29) is 11.1 Å². The maximum Gasteiger partial charge on any atom is 0.287 e. The van der Waals surface area contributed by atoms with Gasteiger partial charge in [-0.05, 0) is 30.7 Å². The van der Waals surface area contributed by atoms with E-state index in [4.69, 9.17) is 0 Å². The maximum atomic E-state index is 12.8. The second-order valence-electron chi connectivity index (χ2n) is 5.59. The molecule has 1 spiro atoms. The second-order valence-corrected chi connectivity index (χ2v) is 6.52. The Labute approximate surface area is 132 Å². The van der Waals surface area contributed by atoms with Gasteiger partial charge in [-0.2, -0.15) is 0 Å². The zero-order valence-electron chi connectivity index (χ0n) is 12.0. The number of rotatable bonds is 1. The Hall–Kier alpha value is -2.27. The predicted molar refractivity (Wildman–Crippen MR) is 88.3 cm³/mol. The van der Waals surface area contributed by atoms with Crippen LogP contribution in [0.5, 0.6) is 0 Å². The molecule has 110 valence electrons. The summed E-state index contributed by atoms with van der Waals surface area (Å²) in [7, 11) is 0. The number of hydrogen-bond acceptors (Lipinski definition) is 3. The van der Waals surface area contributed by atoms with E-state index in [1.54, 1.807) is 4.90 Å². The van der Waals surface area contributed by atoms with Gasteiger partial charge in [-0.25, -0.2) is 0 Å². The van der Waals surface area contributed by atoms with E-state index >= 15 is 0 Å². The minimum Gasteiger partial charge on any atom is -0.323 e. The van der Waals surface area contributed by atoms with Gasteiger partial charge in [0.25, 0.3) is 11.1 Å². The Morgan fingerprint density at radius 1 is 1.14 bits per heavy atom. The van der Waals surface area contributed by atoms with Crippen LogP contribution in [0, 0.1) is 6.92 Å². The first-order valence-corrected chi connectivity index (χ1v) is 8.06. The van der Waals surface area contributed by atoms with E-state index in [0.717, 1.165) is 22.5 Å². The highest BCUT2D eigenvalue weighted by molar-refractivity contribution is 8.14. The monoisotopic (exact) mass is 310 g/mol. The van der Waals surface area contributed by atoms with Crippen LogP contribution in [-0.2, 0) is 10.3 Å². The van der Waals surface area contributed by atoms with Crippen molar-refractivity contribution < 1.29 is 9.59 Å². The lowest BCUT2D eigenvalue weighted by atomic mass is 9.91. The second kappa shape index (κ2) is 4.61. The number of amides is 2. The van der Waals surface area contributed by atoms with Crippen molar-refractivity contribution in [2.45, 2.75) is 12.5 Å². The van der Waals surface area contributed by atoms with E-state index in [0.29, 0.717) is 5.75 Å². The first-order valence-electron chi connectivity index (χ1n) is 7.07. The third-order valence-corrected chi connectivity index (χ3v) is 5.22. The van der Waals surface area contributed by atoms with Crippen LogP contribution in [0.15, 0.2) is 48.5 Å². The molecular formula is C17H14N2O2S. The quantitative estimate of drug-likeness (QED) is 0.877. The van der Waals surface area contributed by atoms with Crippen molar-refractivity contribution in [2.75, 3.05) is 16.0 Å². The van der Waals surface area contributed by atoms with Gasteiger partial charge < -0.3 is 5.32 Å². The zero-order valence-corrected chi connectivity index (χ0v) is 12.8. The minimum atomic E-state index is -0.938. The standard InChI is InChI=1S/C17H14N2O2S/c1-11-5-4-6-12(9-11)19-16(21)22-10-17(19)13-7-2-3-8-14(13)18-15(17)20/h2-9H,10H2,1H3,(H,18,20)/t17-/m0/s1. The Morgan fingerprint density at radius 3 is 2.77 bits per heavy atom. The van der Waals surface area contributed by atoms with Crippen LogP contribution < -0.4 is 10.2 Å². The number of benzene rings is 2. The number of aryl methyl sites for hydroxylation is 1. The van der Waals surface area contributed by atoms with Crippen LogP contribution in [-0.4, -0.2) is 16.9 Å². The summed E-state index contributed by atoms with van der Waals surface area (Å²) in [5, 5.41) is 2.83. The Morgan fingerprint density at radius 2 is 1.95 bits per heavy atom. The molecule has 4 rings (SSSR count). The molecule has 0 bridgehead atoms. The van der Waals surface area contributed by atoms with Gasteiger partial charge in [-0.15, -0.1) is 0 Å². The summed E-state index contributed by atoms with van der Waals surface area (Å²) in [6.07, 6.45) is 0. The van der Waals surface area contributed by atoms with Crippen LogP contribution in [0.25, 0.3) is 0 Å². The molecule has 2 aliphatic rings. The Kier molecular flexibility index (Phi) is 2.81. The number of para-hydroxylation sites is 1. The molecule has 0 aromatic heterocycles. The molecule has 0 aliphatic carbocycles. The summed E-state index contributed by atoms with van der Waals surface area (Å²) >= 11 is 1.20. The largest absolute Gasteiger partial charge is 0.323 e. The highest BCUT2D eigenvalue weighted by Crippen LogP contribution is 2.49. The van der Waals surface area contributed by atoms with Gasteiger partial charge in [-0.3, -0.25) is 14.5 Å². The van der Waals surface area contributed by atoms with Gasteiger partial charge in [0.1, 0.15) is 0 Å². The number of carbonyl (C=O) groups excluding carboxylic acids is 2. The summed E-state index contributed by atoms with van der Waals surface area (Å²) < 4.78 is 0.